The molecule has 0 aromatic heterocycles. The predicted octanol–water partition coefficient (Wildman–Crippen LogP) is 4.88. The van der Waals surface area contributed by atoms with Gasteiger partial charge in [0.05, 0.1) is 33.6 Å². The van der Waals surface area contributed by atoms with Crippen LogP contribution in [0.3, 0.4) is 0 Å². The van der Waals surface area contributed by atoms with Crippen molar-refractivity contribution in [3.63, 3.8) is 0 Å². The number of nitrogens with one attached hydrogen (secondary N) is 1. The largest absolute Gasteiger partial charge is 0.497 e. The van der Waals surface area contributed by atoms with Crippen molar-refractivity contribution in [3.05, 3.63) is 82.9 Å². The lowest BCUT2D eigenvalue weighted by Crippen LogP contribution is -2.31. The molecule has 0 heterocycles. The molecule has 7 nitrogen and oxygen atoms in total. The van der Waals surface area contributed by atoms with Crippen molar-refractivity contribution in [2.75, 3.05) is 26.6 Å². The summed E-state index contributed by atoms with van der Waals surface area (Å²) >= 11 is 0. The molecule has 3 N–H and O–H groups in total. The summed E-state index contributed by atoms with van der Waals surface area (Å²) in [4.78, 5) is 11.9. The number of aliphatic carboxylic acids is 1. The van der Waals surface area contributed by atoms with Gasteiger partial charge in [0.1, 0.15) is 23.3 Å². The number of aliphatic hydroxyl groups excluding tert-OH is 1. The van der Waals surface area contributed by atoms with E-state index in [1.54, 1.807) is 21.3 Å². The topological polar surface area (TPSA) is 97.2 Å². The summed E-state index contributed by atoms with van der Waals surface area (Å²) in [6.07, 6.45) is 3.76. The van der Waals surface area contributed by atoms with Gasteiger partial charge >= 0.3 is 5.97 Å². The van der Waals surface area contributed by atoms with Gasteiger partial charge in [0.15, 0.2) is 0 Å². The third-order valence-corrected chi connectivity index (χ3v) is 6.22. The molecule has 0 spiro atoms. The van der Waals surface area contributed by atoms with Gasteiger partial charge in [-0.05, 0) is 66.1 Å². The first kappa shape index (κ1) is 26.9. The highest BCUT2D eigenvalue weighted by atomic mass is 16.5. The SMILES string of the molecule is COc1cc(CO)c(CCCCc2ccc(OC)c(NC(Cc3ccccc3)C(=O)O)c2)c(OC)c1. The number of benzene rings is 3. The average molecular weight is 494 g/mol. The minimum absolute atomic E-state index is 0.0792. The number of carboxylic acid groups (broad SMARTS) is 1. The molecule has 0 aliphatic carbocycles. The number of anilines is 1. The summed E-state index contributed by atoms with van der Waals surface area (Å²) in [5.41, 5.74) is 4.50. The highest BCUT2D eigenvalue weighted by Crippen LogP contribution is 2.31. The number of unbranched alkanes of at least 4 members (excludes halogenated alkanes) is 1. The molecule has 36 heavy (non-hydrogen) atoms. The summed E-state index contributed by atoms with van der Waals surface area (Å²) in [7, 11) is 4.79. The van der Waals surface area contributed by atoms with E-state index in [0.717, 1.165) is 47.9 Å². The maximum Gasteiger partial charge on any atom is 0.326 e. The maximum absolute atomic E-state index is 11.9. The van der Waals surface area contributed by atoms with Crippen LogP contribution in [0.4, 0.5) is 5.69 Å². The van der Waals surface area contributed by atoms with E-state index < -0.39 is 12.0 Å². The van der Waals surface area contributed by atoms with E-state index in [0.29, 0.717) is 29.4 Å². The zero-order valence-electron chi connectivity index (χ0n) is 21.1. The Balaban J connectivity index is 1.66. The molecule has 7 heteroatoms. The van der Waals surface area contributed by atoms with E-state index in [-0.39, 0.29) is 6.61 Å². The lowest BCUT2D eigenvalue weighted by atomic mass is 9.98. The number of aliphatic hydroxyl groups is 1. The molecule has 0 amide bonds. The third kappa shape index (κ3) is 7.15. The van der Waals surface area contributed by atoms with E-state index in [4.69, 9.17) is 14.2 Å². The highest BCUT2D eigenvalue weighted by Gasteiger charge is 2.20. The second kappa shape index (κ2) is 13.4. The molecule has 0 fully saturated rings. The van der Waals surface area contributed by atoms with Gasteiger partial charge < -0.3 is 29.7 Å². The molecule has 3 rings (SSSR count). The predicted molar refractivity (Wildman–Crippen MR) is 140 cm³/mol. The number of aryl methyl sites for hydroxylation is 1. The molecule has 192 valence electrons. The molecule has 0 aliphatic rings. The van der Waals surface area contributed by atoms with Gasteiger partial charge in [-0.15, -0.1) is 0 Å². The van der Waals surface area contributed by atoms with Crippen molar-refractivity contribution in [1.82, 2.24) is 0 Å². The Morgan fingerprint density at radius 2 is 1.58 bits per heavy atom. The van der Waals surface area contributed by atoms with Crippen LogP contribution >= 0.6 is 0 Å². The molecule has 3 aromatic carbocycles. The van der Waals surface area contributed by atoms with Crippen LogP contribution in [0.25, 0.3) is 0 Å². The monoisotopic (exact) mass is 493 g/mol. The first-order valence-electron chi connectivity index (χ1n) is 12.0. The second-order valence-corrected chi connectivity index (χ2v) is 8.59. The molecule has 0 radical (unpaired) electrons. The number of hydrogen-bond donors (Lipinski definition) is 3. The van der Waals surface area contributed by atoms with Crippen molar-refractivity contribution in [2.24, 2.45) is 0 Å². The summed E-state index contributed by atoms with van der Waals surface area (Å²) < 4.78 is 16.3. The fraction of sp³-hybridized carbons (Fsp3) is 0.345. The van der Waals surface area contributed by atoms with Crippen LogP contribution in [-0.4, -0.2) is 43.6 Å². The minimum atomic E-state index is -0.917. The Labute approximate surface area is 212 Å². The Morgan fingerprint density at radius 3 is 2.22 bits per heavy atom. The quantitative estimate of drug-likeness (QED) is 0.276. The smallest absolute Gasteiger partial charge is 0.326 e. The minimum Gasteiger partial charge on any atom is -0.497 e. The molecular formula is C29H35NO6. The number of carboxylic acids is 1. The third-order valence-electron chi connectivity index (χ3n) is 6.22. The van der Waals surface area contributed by atoms with Crippen LogP contribution < -0.4 is 19.5 Å². The van der Waals surface area contributed by atoms with Crippen LogP contribution in [0, 0.1) is 0 Å². The van der Waals surface area contributed by atoms with Crippen molar-refractivity contribution >= 4 is 11.7 Å². The number of methoxy groups -OCH3 is 3. The maximum atomic E-state index is 11.9. The van der Waals surface area contributed by atoms with Crippen molar-refractivity contribution in [3.8, 4) is 17.2 Å². The van der Waals surface area contributed by atoms with Gasteiger partial charge in [-0.1, -0.05) is 36.4 Å². The number of ether oxygens (including phenoxy) is 3. The standard InChI is InChI=1S/C29H35NO6/c1-34-23-17-22(19-31)24(28(18-23)36-3)12-8-7-11-21-13-14-27(35-2)25(15-21)30-26(29(32)33)16-20-9-5-4-6-10-20/h4-6,9-10,13-15,17-18,26,30-31H,7-8,11-12,16,19H2,1-3H3,(H,32,33). The van der Waals surface area contributed by atoms with Crippen LogP contribution in [0.2, 0.25) is 0 Å². The van der Waals surface area contributed by atoms with E-state index in [1.165, 1.54) is 0 Å². The average Bonchev–Trinajstić information content (AvgIpc) is 2.91. The molecule has 0 saturated heterocycles. The first-order valence-corrected chi connectivity index (χ1v) is 12.0. The van der Waals surface area contributed by atoms with Crippen LogP contribution in [-0.2, 0) is 30.7 Å². The lowest BCUT2D eigenvalue weighted by Gasteiger charge is -2.19. The van der Waals surface area contributed by atoms with Crippen molar-refractivity contribution < 1.29 is 29.2 Å². The van der Waals surface area contributed by atoms with Gasteiger partial charge in [-0.3, -0.25) is 0 Å². The van der Waals surface area contributed by atoms with E-state index in [1.807, 2.05) is 60.7 Å². The zero-order chi connectivity index (χ0) is 25.9. The molecule has 1 atom stereocenters. The number of rotatable bonds is 14. The Hall–Kier alpha value is -3.71. The molecule has 0 bridgehead atoms. The molecule has 3 aromatic rings. The Kier molecular flexibility index (Phi) is 10.0. The van der Waals surface area contributed by atoms with Gasteiger partial charge in [-0.25, -0.2) is 4.79 Å². The van der Waals surface area contributed by atoms with Crippen molar-refractivity contribution in [2.45, 2.75) is 44.8 Å². The lowest BCUT2D eigenvalue weighted by molar-refractivity contribution is -0.137. The molecular weight excluding hydrogens is 458 g/mol. The molecule has 1 unspecified atom stereocenters. The molecule has 0 saturated carbocycles. The highest BCUT2D eigenvalue weighted by molar-refractivity contribution is 5.79. The first-order chi connectivity index (χ1) is 17.5. The Bertz CT molecular complexity index is 1110. The fourth-order valence-electron chi connectivity index (χ4n) is 4.29. The summed E-state index contributed by atoms with van der Waals surface area (Å²) in [6, 6.07) is 18.3. The van der Waals surface area contributed by atoms with Crippen LogP contribution in [0.15, 0.2) is 60.7 Å². The van der Waals surface area contributed by atoms with E-state index in [2.05, 4.69) is 5.32 Å². The number of carbonyl (C=O) groups is 1. The summed E-state index contributed by atoms with van der Waals surface area (Å²) in [6.45, 7) is -0.0792. The van der Waals surface area contributed by atoms with Gasteiger partial charge in [0.2, 0.25) is 0 Å². The second-order valence-electron chi connectivity index (χ2n) is 8.59. The van der Waals surface area contributed by atoms with Gasteiger partial charge in [-0.2, -0.15) is 0 Å². The normalized spacial score (nSPS) is 11.6. The molecule has 0 aliphatic heterocycles. The van der Waals surface area contributed by atoms with Gasteiger partial charge in [0, 0.05) is 12.5 Å². The van der Waals surface area contributed by atoms with E-state index in [9.17, 15) is 15.0 Å². The van der Waals surface area contributed by atoms with Crippen LogP contribution in [0.5, 0.6) is 17.2 Å². The Morgan fingerprint density at radius 1 is 0.861 bits per heavy atom. The van der Waals surface area contributed by atoms with Crippen LogP contribution in [0.1, 0.15) is 35.1 Å². The van der Waals surface area contributed by atoms with E-state index >= 15 is 0 Å². The fourth-order valence-corrected chi connectivity index (χ4v) is 4.29. The summed E-state index contributed by atoms with van der Waals surface area (Å²) in [5.74, 6) is 1.06. The zero-order valence-corrected chi connectivity index (χ0v) is 21.1. The van der Waals surface area contributed by atoms with Crippen molar-refractivity contribution in [1.29, 1.82) is 0 Å². The number of hydrogen-bond acceptors (Lipinski definition) is 6. The van der Waals surface area contributed by atoms with Gasteiger partial charge in [0.25, 0.3) is 0 Å². The summed E-state index contributed by atoms with van der Waals surface area (Å²) in [5, 5.41) is 22.8.